The molecule has 82 valence electrons. The first-order valence-corrected chi connectivity index (χ1v) is 5.44. The van der Waals surface area contributed by atoms with E-state index < -0.39 is 0 Å². The molecule has 0 aromatic rings. The summed E-state index contributed by atoms with van der Waals surface area (Å²) in [5.41, 5.74) is 2.59. The molecule has 0 fully saturated rings. The lowest BCUT2D eigenvalue weighted by Crippen LogP contribution is -2.11. The summed E-state index contributed by atoms with van der Waals surface area (Å²) in [5.74, 6) is 0. The summed E-state index contributed by atoms with van der Waals surface area (Å²) in [5, 5.41) is 0. The Hall–Kier alpha value is -0.780. The van der Waals surface area contributed by atoms with Crippen LogP contribution >= 0.6 is 0 Å². The van der Waals surface area contributed by atoms with E-state index in [0.29, 0.717) is 0 Å². The molecule has 0 nitrogen and oxygen atoms in total. The molecule has 0 aromatic heterocycles. The molecule has 0 atom stereocenters. The molecule has 0 saturated heterocycles. The van der Waals surface area contributed by atoms with E-state index in [-0.39, 0.29) is 5.41 Å². The van der Waals surface area contributed by atoms with Gasteiger partial charge in [0.05, 0.1) is 0 Å². The number of hydrogen-bond acceptors (Lipinski definition) is 0. The van der Waals surface area contributed by atoms with Crippen molar-refractivity contribution in [2.24, 2.45) is 5.41 Å². The molecule has 0 heteroatoms. The van der Waals surface area contributed by atoms with Crippen molar-refractivity contribution in [3.63, 3.8) is 0 Å². The molecule has 0 aliphatic heterocycles. The maximum atomic E-state index is 3.87. The largest absolute Gasteiger partial charge is 0.0988 e. The van der Waals surface area contributed by atoms with Crippen molar-refractivity contribution in [3.05, 3.63) is 36.5 Å². The summed E-state index contributed by atoms with van der Waals surface area (Å²) in [7, 11) is 0. The minimum atomic E-state index is 0.223. The molecule has 0 bridgehead atoms. The van der Waals surface area contributed by atoms with Gasteiger partial charge in [0.15, 0.2) is 0 Å². The van der Waals surface area contributed by atoms with Crippen LogP contribution in [0.3, 0.4) is 0 Å². The lowest BCUT2D eigenvalue weighted by Gasteiger charge is -2.24. The smallest absolute Gasteiger partial charge is 0.0106 e. The van der Waals surface area contributed by atoms with E-state index in [1.54, 1.807) is 0 Å². The Kier molecular flexibility index (Phi) is 8.52. The zero-order chi connectivity index (χ0) is 11.8. The normalized spacial score (nSPS) is 11.4. The van der Waals surface area contributed by atoms with Crippen molar-refractivity contribution >= 4 is 0 Å². The topological polar surface area (TPSA) is 0 Å². The van der Waals surface area contributed by atoms with E-state index in [9.17, 15) is 0 Å². The second-order valence-corrected chi connectivity index (χ2v) is 3.89. The zero-order valence-electron chi connectivity index (χ0n) is 10.8. The van der Waals surface area contributed by atoms with E-state index in [2.05, 4.69) is 40.0 Å². The van der Waals surface area contributed by atoms with E-state index >= 15 is 0 Å². The van der Waals surface area contributed by atoms with Crippen molar-refractivity contribution < 1.29 is 0 Å². The Bertz CT molecular complexity index is 204. The van der Waals surface area contributed by atoms with Crippen LogP contribution in [0.15, 0.2) is 36.5 Å². The summed E-state index contributed by atoms with van der Waals surface area (Å²) < 4.78 is 0. The van der Waals surface area contributed by atoms with Crippen molar-refractivity contribution in [3.8, 4) is 0 Å². The molecule has 0 spiro atoms. The predicted octanol–water partition coefficient (Wildman–Crippen LogP) is 5.14. The van der Waals surface area contributed by atoms with Gasteiger partial charge in [0.25, 0.3) is 0 Å². The predicted molar refractivity (Wildman–Crippen MR) is 68.5 cm³/mol. The van der Waals surface area contributed by atoms with E-state index in [4.69, 9.17) is 0 Å². The van der Waals surface area contributed by atoms with Crippen molar-refractivity contribution in [2.75, 3.05) is 0 Å². The molecule has 0 aromatic carbocycles. The molecule has 0 saturated carbocycles. The first-order valence-electron chi connectivity index (χ1n) is 5.44. The minimum absolute atomic E-state index is 0.223. The van der Waals surface area contributed by atoms with Crippen molar-refractivity contribution in [1.29, 1.82) is 0 Å². The van der Waals surface area contributed by atoms with E-state index in [1.807, 2.05) is 26.8 Å². The van der Waals surface area contributed by atoms with Gasteiger partial charge < -0.3 is 0 Å². The Morgan fingerprint density at radius 3 is 1.93 bits per heavy atom. The monoisotopic (exact) mass is 194 g/mol. The molecule has 0 heterocycles. The van der Waals surface area contributed by atoms with E-state index in [1.165, 1.54) is 5.57 Å². The SMILES string of the molecule is C=C/C(=C\C(=C)C)C(C)(C)CC.CC. The van der Waals surface area contributed by atoms with Gasteiger partial charge in [-0.2, -0.15) is 0 Å². The molecule has 0 aliphatic rings. The maximum absolute atomic E-state index is 3.87. The van der Waals surface area contributed by atoms with E-state index in [0.717, 1.165) is 12.0 Å². The first-order chi connectivity index (χ1) is 6.44. The molecular weight excluding hydrogens is 168 g/mol. The van der Waals surface area contributed by atoms with Crippen molar-refractivity contribution in [2.45, 2.75) is 48.0 Å². The quantitative estimate of drug-likeness (QED) is 0.544. The van der Waals surface area contributed by atoms with Crippen LogP contribution in [0.25, 0.3) is 0 Å². The van der Waals surface area contributed by atoms with Crippen molar-refractivity contribution in [1.82, 2.24) is 0 Å². The van der Waals surface area contributed by atoms with Crippen LogP contribution in [0.1, 0.15) is 48.0 Å². The van der Waals surface area contributed by atoms with Gasteiger partial charge in [-0.05, 0) is 24.3 Å². The summed E-state index contributed by atoms with van der Waals surface area (Å²) in [6, 6.07) is 0. The molecule has 14 heavy (non-hydrogen) atoms. The average molecular weight is 194 g/mol. The van der Waals surface area contributed by atoms with Crippen LogP contribution in [-0.4, -0.2) is 0 Å². The molecule has 0 unspecified atom stereocenters. The highest BCUT2D eigenvalue weighted by Crippen LogP contribution is 2.31. The standard InChI is InChI=1S/C12H20.C2H6/c1-7-11(9-10(3)4)12(5,6)8-2;1-2/h7,9H,1,3,8H2,2,4-6H3;1-2H3/b11-9+;. The third-order valence-corrected chi connectivity index (χ3v) is 2.29. The lowest BCUT2D eigenvalue weighted by molar-refractivity contribution is 0.440. The minimum Gasteiger partial charge on any atom is -0.0988 e. The van der Waals surface area contributed by atoms with Gasteiger partial charge in [-0.3, -0.25) is 0 Å². The highest BCUT2D eigenvalue weighted by atomic mass is 14.2. The van der Waals surface area contributed by atoms with Gasteiger partial charge in [-0.15, -0.1) is 0 Å². The van der Waals surface area contributed by atoms with Gasteiger partial charge in [0.1, 0.15) is 0 Å². The fourth-order valence-corrected chi connectivity index (χ4v) is 1.00. The highest BCUT2D eigenvalue weighted by molar-refractivity contribution is 5.30. The number of allylic oxidation sites excluding steroid dienone is 4. The first kappa shape index (κ1) is 15.7. The lowest BCUT2D eigenvalue weighted by atomic mass is 9.81. The molecule has 0 aliphatic carbocycles. The molecule has 0 rings (SSSR count). The van der Waals surface area contributed by atoms with Crippen LogP contribution < -0.4 is 0 Å². The average Bonchev–Trinajstić information content (AvgIpc) is 2.17. The Morgan fingerprint density at radius 2 is 1.71 bits per heavy atom. The third kappa shape index (κ3) is 5.80. The summed E-state index contributed by atoms with van der Waals surface area (Å²) in [6.07, 6.45) is 5.16. The third-order valence-electron chi connectivity index (χ3n) is 2.29. The summed E-state index contributed by atoms with van der Waals surface area (Å²) >= 11 is 0. The number of hydrogen-bond donors (Lipinski definition) is 0. The van der Waals surface area contributed by atoms with Crippen LogP contribution in [0, 0.1) is 5.41 Å². The second-order valence-electron chi connectivity index (χ2n) is 3.89. The van der Waals surface area contributed by atoms with Gasteiger partial charge in [0, 0.05) is 0 Å². The Labute approximate surface area is 90.4 Å². The summed E-state index contributed by atoms with van der Waals surface area (Å²) in [6.45, 7) is 20.3. The molecular formula is C14H26. The number of rotatable bonds is 4. The highest BCUT2D eigenvalue weighted by Gasteiger charge is 2.17. The second kappa shape index (κ2) is 7.61. The molecule has 0 amide bonds. The summed E-state index contributed by atoms with van der Waals surface area (Å²) in [4.78, 5) is 0. The fourth-order valence-electron chi connectivity index (χ4n) is 1.00. The van der Waals surface area contributed by atoms with Gasteiger partial charge in [0.2, 0.25) is 0 Å². The van der Waals surface area contributed by atoms with Crippen LogP contribution in [0.4, 0.5) is 0 Å². The van der Waals surface area contributed by atoms with Crippen LogP contribution in [0.5, 0.6) is 0 Å². The Morgan fingerprint density at radius 1 is 1.29 bits per heavy atom. The van der Waals surface area contributed by atoms with Gasteiger partial charge >= 0.3 is 0 Å². The van der Waals surface area contributed by atoms with Crippen LogP contribution in [-0.2, 0) is 0 Å². The zero-order valence-corrected chi connectivity index (χ0v) is 10.8. The molecule has 0 N–H and O–H groups in total. The Balaban J connectivity index is 0. The van der Waals surface area contributed by atoms with Gasteiger partial charge in [-0.1, -0.05) is 65.5 Å². The molecule has 0 radical (unpaired) electrons. The fraction of sp³-hybridized carbons (Fsp3) is 0.571. The van der Waals surface area contributed by atoms with Gasteiger partial charge in [-0.25, -0.2) is 0 Å². The maximum Gasteiger partial charge on any atom is -0.0106 e. The van der Waals surface area contributed by atoms with Crippen LogP contribution in [0.2, 0.25) is 0 Å².